The van der Waals surface area contributed by atoms with Crippen molar-refractivity contribution < 1.29 is 9.13 Å². The molecule has 0 amide bonds. The summed E-state index contributed by atoms with van der Waals surface area (Å²) in [5.41, 5.74) is 1.82. The van der Waals surface area contributed by atoms with Crippen molar-refractivity contribution in [1.82, 2.24) is 0 Å². The van der Waals surface area contributed by atoms with Gasteiger partial charge >= 0.3 is 0 Å². The SMILES string of the molecule is Fc1ccc(C[SiH2]C2CCCCO2)cc1. The number of rotatable bonds is 3. The highest BCUT2D eigenvalue weighted by Crippen LogP contribution is 2.13. The second kappa shape index (κ2) is 5.42. The van der Waals surface area contributed by atoms with Crippen LogP contribution in [-0.4, -0.2) is 21.9 Å². The number of halogens is 1. The van der Waals surface area contributed by atoms with Crippen molar-refractivity contribution in [2.45, 2.75) is 31.0 Å². The van der Waals surface area contributed by atoms with Crippen LogP contribution in [0.2, 0.25) is 0 Å². The predicted octanol–water partition coefficient (Wildman–Crippen LogP) is 2.02. The molecule has 1 aliphatic heterocycles. The van der Waals surface area contributed by atoms with E-state index < -0.39 is 0 Å². The Labute approximate surface area is 92.5 Å². The van der Waals surface area contributed by atoms with Gasteiger partial charge in [-0.05, 0) is 37.4 Å². The molecule has 3 heteroatoms. The molecule has 1 aliphatic rings. The molecule has 0 radical (unpaired) electrons. The number of hydrogen-bond acceptors (Lipinski definition) is 1. The van der Waals surface area contributed by atoms with Gasteiger partial charge in [0, 0.05) is 12.3 Å². The molecule has 1 nitrogen and oxygen atoms in total. The van der Waals surface area contributed by atoms with Gasteiger partial charge in [0.05, 0.1) is 9.52 Å². The minimum atomic E-state index is -0.190. The Kier molecular flexibility index (Phi) is 3.91. The molecule has 2 rings (SSSR count). The Morgan fingerprint density at radius 3 is 2.73 bits per heavy atom. The molecule has 82 valence electrons. The monoisotopic (exact) mass is 224 g/mol. The van der Waals surface area contributed by atoms with Crippen LogP contribution >= 0.6 is 0 Å². The Balaban J connectivity index is 1.79. The molecule has 0 N–H and O–H groups in total. The molecule has 0 aromatic heterocycles. The van der Waals surface area contributed by atoms with E-state index in [0.717, 1.165) is 12.7 Å². The standard InChI is InChI=1S/C12H17FOSi/c13-11-6-4-10(5-7-11)9-15-12-3-1-2-8-14-12/h4-7,12H,1-3,8-9,15H2. The molecule has 1 fully saturated rings. The Morgan fingerprint density at radius 2 is 2.07 bits per heavy atom. The van der Waals surface area contributed by atoms with Gasteiger partial charge in [0.25, 0.3) is 0 Å². The van der Waals surface area contributed by atoms with Crippen molar-refractivity contribution in [3.05, 3.63) is 35.6 Å². The maximum absolute atomic E-state index is 12.7. The van der Waals surface area contributed by atoms with Gasteiger partial charge < -0.3 is 4.74 Å². The van der Waals surface area contributed by atoms with Crippen LogP contribution < -0.4 is 0 Å². The van der Waals surface area contributed by atoms with Crippen molar-refractivity contribution in [3.8, 4) is 0 Å². The fraction of sp³-hybridized carbons (Fsp3) is 0.500. The minimum absolute atomic E-state index is 0.144. The predicted molar refractivity (Wildman–Crippen MR) is 62.2 cm³/mol. The third-order valence-corrected chi connectivity index (χ3v) is 5.10. The van der Waals surface area contributed by atoms with E-state index in [9.17, 15) is 4.39 Å². The van der Waals surface area contributed by atoms with Crippen molar-refractivity contribution in [3.63, 3.8) is 0 Å². The summed E-state index contributed by atoms with van der Waals surface area (Å²) in [6, 6.07) is 8.01. The van der Waals surface area contributed by atoms with E-state index in [1.807, 2.05) is 12.1 Å². The van der Waals surface area contributed by atoms with Crippen molar-refractivity contribution >= 4 is 9.52 Å². The van der Waals surface area contributed by atoms with Crippen LogP contribution in [0.5, 0.6) is 0 Å². The highest BCUT2D eigenvalue weighted by molar-refractivity contribution is 6.36. The molecule has 1 saturated heterocycles. The lowest BCUT2D eigenvalue weighted by Crippen LogP contribution is -2.26. The van der Waals surface area contributed by atoms with Crippen LogP contribution in [0.1, 0.15) is 24.8 Å². The zero-order valence-corrected chi connectivity index (χ0v) is 10.3. The quantitative estimate of drug-likeness (QED) is 0.714. The molecule has 0 aliphatic carbocycles. The summed E-state index contributed by atoms with van der Waals surface area (Å²) < 4.78 is 18.4. The Bertz CT molecular complexity index is 293. The normalized spacial score (nSPS) is 22.3. The van der Waals surface area contributed by atoms with Crippen LogP contribution in [0, 0.1) is 5.82 Å². The second-order valence-corrected chi connectivity index (χ2v) is 6.14. The first-order valence-electron chi connectivity index (χ1n) is 5.70. The maximum atomic E-state index is 12.7. The average Bonchev–Trinajstić information content (AvgIpc) is 2.30. The molecule has 0 bridgehead atoms. The van der Waals surface area contributed by atoms with Crippen LogP contribution in [0.15, 0.2) is 24.3 Å². The van der Waals surface area contributed by atoms with Crippen LogP contribution in [-0.2, 0) is 10.8 Å². The first kappa shape index (κ1) is 10.8. The largest absolute Gasteiger partial charge is 0.382 e. The number of benzene rings is 1. The van der Waals surface area contributed by atoms with E-state index in [0.29, 0.717) is 5.73 Å². The topological polar surface area (TPSA) is 9.23 Å². The van der Waals surface area contributed by atoms with Gasteiger partial charge in [-0.3, -0.25) is 0 Å². The summed E-state index contributed by atoms with van der Waals surface area (Å²) in [6.45, 7) is 0.946. The lowest BCUT2D eigenvalue weighted by molar-refractivity contribution is 0.0649. The molecule has 1 aromatic rings. The third-order valence-electron chi connectivity index (χ3n) is 2.94. The summed E-state index contributed by atoms with van der Waals surface area (Å²) in [4.78, 5) is 0. The number of hydrogen-bond donors (Lipinski definition) is 0. The van der Waals surface area contributed by atoms with Gasteiger partial charge in [0.15, 0.2) is 0 Å². The Morgan fingerprint density at radius 1 is 1.27 bits per heavy atom. The van der Waals surface area contributed by atoms with Gasteiger partial charge in [-0.25, -0.2) is 4.39 Å². The third kappa shape index (κ3) is 3.43. The van der Waals surface area contributed by atoms with Crippen LogP contribution in [0.25, 0.3) is 0 Å². The molecule has 15 heavy (non-hydrogen) atoms. The van der Waals surface area contributed by atoms with Crippen molar-refractivity contribution in [2.24, 2.45) is 0 Å². The van der Waals surface area contributed by atoms with Crippen LogP contribution in [0.3, 0.4) is 0 Å². The molecule has 1 aromatic carbocycles. The zero-order valence-electron chi connectivity index (χ0n) is 8.92. The zero-order chi connectivity index (χ0) is 10.5. The lowest BCUT2D eigenvalue weighted by Gasteiger charge is -2.22. The highest BCUT2D eigenvalue weighted by atomic mass is 28.2. The van der Waals surface area contributed by atoms with E-state index in [1.165, 1.54) is 24.8 Å². The van der Waals surface area contributed by atoms with E-state index >= 15 is 0 Å². The van der Waals surface area contributed by atoms with E-state index in [2.05, 4.69) is 0 Å². The van der Waals surface area contributed by atoms with Crippen molar-refractivity contribution in [1.29, 1.82) is 0 Å². The van der Waals surface area contributed by atoms with E-state index in [-0.39, 0.29) is 15.3 Å². The molecule has 1 unspecified atom stereocenters. The smallest absolute Gasteiger partial charge is 0.123 e. The minimum Gasteiger partial charge on any atom is -0.382 e. The summed E-state index contributed by atoms with van der Waals surface area (Å²) in [5.74, 6) is -0.144. The second-order valence-electron chi connectivity index (χ2n) is 4.15. The summed E-state index contributed by atoms with van der Waals surface area (Å²) >= 11 is 0. The fourth-order valence-electron chi connectivity index (χ4n) is 2.01. The molecule has 0 spiro atoms. The van der Waals surface area contributed by atoms with Gasteiger partial charge in [-0.2, -0.15) is 0 Å². The number of ether oxygens (including phenoxy) is 1. The van der Waals surface area contributed by atoms with Crippen LogP contribution in [0.4, 0.5) is 4.39 Å². The highest BCUT2D eigenvalue weighted by Gasteiger charge is 2.13. The van der Waals surface area contributed by atoms with Gasteiger partial charge in [-0.15, -0.1) is 0 Å². The van der Waals surface area contributed by atoms with Crippen molar-refractivity contribution in [2.75, 3.05) is 6.61 Å². The van der Waals surface area contributed by atoms with Gasteiger partial charge in [-0.1, -0.05) is 17.7 Å². The van der Waals surface area contributed by atoms with Gasteiger partial charge in [0.1, 0.15) is 5.82 Å². The summed E-state index contributed by atoms with van der Waals surface area (Å²) in [5, 5.41) is 0. The molecule has 1 heterocycles. The Hall–Kier alpha value is -0.673. The maximum Gasteiger partial charge on any atom is 0.123 e. The summed E-state index contributed by atoms with van der Waals surface area (Å²) in [7, 11) is -0.190. The first-order valence-corrected chi connectivity index (χ1v) is 7.52. The lowest BCUT2D eigenvalue weighted by atomic mass is 10.2. The first-order chi connectivity index (χ1) is 7.34. The molecular formula is C12H17FOSi. The van der Waals surface area contributed by atoms with E-state index in [1.54, 1.807) is 12.1 Å². The van der Waals surface area contributed by atoms with Gasteiger partial charge in [0.2, 0.25) is 0 Å². The van der Waals surface area contributed by atoms with E-state index in [4.69, 9.17) is 4.74 Å². The average molecular weight is 224 g/mol. The molecule has 0 saturated carbocycles. The summed E-state index contributed by atoms with van der Waals surface area (Å²) in [6.07, 6.45) is 3.79. The fourth-order valence-corrected chi connectivity index (χ4v) is 3.91. The molecule has 1 atom stereocenters. The molecular weight excluding hydrogens is 207 g/mol.